The number of hydrogen-bond donors (Lipinski definition) is 3. The summed E-state index contributed by atoms with van der Waals surface area (Å²) >= 11 is 0. The average Bonchev–Trinajstić information content (AvgIpc) is 2.91. The normalized spacial score (nSPS) is 14.5. The van der Waals surface area contributed by atoms with E-state index in [0.29, 0.717) is 6.54 Å². The Bertz CT molecular complexity index is 1040. The molecule has 1 aliphatic heterocycles. The van der Waals surface area contributed by atoms with E-state index in [0.717, 1.165) is 56.2 Å². The number of aliphatic carboxylic acids is 1. The first-order valence-corrected chi connectivity index (χ1v) is 12.6. The number of ether oxygens (including phenoxy) is 1. The SMILES string of the molecule is COC(CF)CN(CCCCc1ccc2c(n1)NCCC2)CCC(NC(=O)c1ncccc1F)C(=O)O. The summed E-state index contributed by atoms with van der Waals surface area (Å²) in [6.45, 7) is 1.42. The van der Waals surface area contributed by atoms with Gasteiger partial charge in [0.1, 0.15) is 18.5 Å². The van der Waals surface area contributed by atoms with Gasteiger partial charge in [-0.1, -0.05) is 6.07 Å². The first kappa shape index (κ1) is 28.4. The summed E-state index contributed by atoms with van der Waals surface area (Å²) in [6, 6.07) is 5.34. The van der Waals surface area contributed by atoms with Crippen LogP contribution in [0.15, 0.2) is 30.5 Å². The summed E-state index contributed by atoms with van der Waals surface area (Å²) in [7, 11) is 1.43. The molecule has 0 saturated carbocycles. The Morgan fingerprint density at radius 1 is 1.27 bits per heavy atom. The molecule has 202 valence electrons. The number of pyridine rings is 2. The van der Waals surface area contributed by atoms with Crippen LogP contribution in [-0.2, 0) is 22.4 Å². The second kappa shape index (κ2) is 14.5. The molecule has 2 aromatic rings. The number of carboxylic acid groups (broad SMARTS) is 1. The van der Waals surface area contributed by atoms with Crippen LogP contribution < -0.4 is 10.6 Å². The van der Waals surface area contributed by atoms with Crippen molar-refractivity contribution in [3.05, 3.63) is 53.2 Å². The molecule has 9 nitrogen and oxygen atoms in total. The molecule has 3 rings (SSSR count). The molecule has 37 heavy (non-hydrogen) atoms. The highest BCUT2D eigenvalue weighted by molar-refractivity contribution is 5.95. The molecule has 0 bridgehead atoms. The van der Waals surface area contributed by atoms with Crippen molar-refractivity contribution in [1.82, 2.24) is 20.2 Å². The summed E-state index contributed by atoms with van der Waals surface area (Å²) in [6.07, 6.45) is 5.25. The van der Waals surface area contributed by atoms with E-state index in [1.807, 2.05) is 4.90 Å². The number of unbranched alkanes of at least 4 members (excludes halogenated alkanes) is 1. The molecule has 3 N–H and O–H groups in total. The molecule has 1 aliphatic rings. The monoisotopic (exact) mass is 519 g/mol. The predicted molar refractivity (Wildman–Crippen MR) is 135 cm³/mol. The summed E-state index contributed by atoms with van der Waals surface area (Å²) in [5.74, 6) is -2.02. The van der Waals surface area contributed by atoms with Crippen molar-refractivity contribution in [3.8, 4) is 0 Å². The van der Waals surface area contributed by atoms with Gasteiger partial charge >= 0.3 is 5.97 Å². The zero-order valence-electron chi connectivity index (χ0n) is 21.1. The fourth-order valence-electron chi connectivity index (χ4n) is 4.27. The molecule has 11 heteroatoms. The number of aryl methyl sites for hydroxylation is 2. The van der Waals surface area contributed by atoms with Crippen molar-refractivity contribution in [1.29, 1.82) is 0 Å². The van der Waals surface area contributed by atoms with Crippen molar-refractivity contribution >= 4 is 17.7 Å². The molecule has 0 aliphatic carbocycles. The van der Waals surface area contributed by atoms with Crippen LogP contribution in [0.4, 0.5) is 14.6 Å². The van der Waals surface area contributed by atoms with Gasteiger partial charge in [-0.25, -0.2) is 23.5 Å². The van der Waals surface area contributed by atoms with Gasteiger partial charge in [-0.3, -0.25) is 4.79 Å². The Morgan fingerprint density at radius 3 is 2.84 bits per heavy atom. The maximum absolute atomic E-state index is 13.9. The van der Waals surface area contributed by atoms with Crippen LogP contribution >= 0.6 is 0 Å². The van der Waals surface area contributed by atoms with E-state index < -0.39 is 42.2 Å². The third-order valence-corrected chi connectivity index (χ3v) is 6.39. The van der Waals surface area contributed by atoms with Crippen LogP contribution in [0.2, 0.25) is 0 Å². The number of halogens is 2. The van der Waals surface area contributed by atoms with Crippen LogP contribution in [0.25, 0.3) is 0 Å². The number of aromatic nitrogens is 2. The molecule has 2 aromatic heterocycles. The maximum atomic E-state index is 13.9. The number of carbonyl (C=O) groups is 2. The molecule has 2 unspecified atom stereocenters. The third kappa shape index (κ3) is 8.71. The van der Waals surface area contributed by atoms with E-state index in [4.69, 9.17) is 9.72 Å². The van der Waals surface area contributed by atoms with Crippen LogP contribution in [0.1, 0.15) is 47.4 Å². The van der Waals surface area contributed by atoms with E-state index in [9.17, 15) is 23.5 Å². The number of anilines is 1. The molecule has 1 amide bonds. The van der Waals surface area contributed by atoms with E-state index in [2.05, 4.69) is 27.8 Å². The number of amides is 1. The lowest BCUT2D eigenvalue weighted by Crippen LogP contribution is -2.45. The Hall–Kier alpha value is -3.18. The number of carboxylic acids is 1. The van der Waals surface area contributed by atoms with E-state index in [1.54, 1.807) is 0 Å². The van der Waals surface area contributed by atoms with Gasteiger partial charge in [0.05, 0.1) is 6.10 Å². The van der Waals surface area contributed by atoms with Crippen molar-refractivity contribution in [2.75, 3.05) is 45.3 Å². The minimum atomic E-state index is -1.25. The highest BCUT2D eigenvalue weighted by Crippen LogP contribution is 2.20. The Morgan fingerprint density at radius 2 is 2.11 bits per heavy atom. The minimum absolute atomic E-state index is 0.0519. The van der Waals surface area contributed by atoms with Gasteiger partial charge in [0.2, 0.25) is 0 Å². The van der Waals surface area contributed by atoms with Gasteiger partial charge in [-0.05, 0) is 68.8 Å². The van der Waals surface area contributed by atoms with Crippen molar-refractivity contribution < 1.29 is 28.2 Å². The first-order valence-electron chi connectivity index (χ1n) is 12.6. The lowest BCUT2D eigenvalue weighted by atomic mass is 10.1. The molecule has 3 heterocycles. The minimum Gasteiger partial charge on any atom is -0.480 e. The number of nitrogens with zero attached hydrogens (tertiary/aromatic N) is 3. The predicted octanol–water partition coefficient (Wildman–Crippen LogP) is 2.86. The molecule has 0 fully saturated rings. The number of carbonyl (C=O) groups excluding carboxylic acids is 1. The zero-order valence-corrected chi connectivity index (χ0v) is 21.1. The summed E-state index contributed by atoms with van der Waals surface area (Å²) in [5, 5.41) is 15.3. The van der Waals surface area contributed by atoms with Gasteiger partial charge in [0.25, 0.3) is 5.91 Å². The van der Waals surface area contributed by atoms with Crippen molar-refractivity contribution in [2.24, 2.45) is 0 Å². The largest absolute Gasteiger partial charge is 0.480 e. The average molecular weight is 520 g/mol. The van der Waals surface area contributed by atoms with Crippen LogP contribution in [0.3, 0.4) is 0 Å². The second-order valence-electron chi connectivity index (χ2n) is 9.10. The van der Waals surface area contributed by atoms with E-state index in [1.165, 1.54) is 24.9 Å². The van der Waals surface area contributed by atoms with E-state index >= 15 is 0 Å². The molecule has 2 atom stereocenters. The van der Waals surface area contributed by atoms with Gasteiger partial charge in [-0.2, -0.15) is 0 Å². The van der Waals surface area contributed by atoms with Crippen LogP contribution in [-0.4, -0.2) is 84.0 Å². The first-order chi connectivity index (χ1) is 17.9. The standard InChI is InChI=1S/C26H35F2N5O4/c1-37-20(16-27)17-33(14-3-2-7-19-10-9-18-6-4-13-30-24(18)31-19)15-11-22(26(35)36)32-25(34)23-21(28)8-5-12-29-23/h5,8-10,12,20,22H,2-4,6-7,11,13-17H2,1H3,(H,30,31)(H,32,34)(H,35,36). The number of nitrogens with one attached hydrogen (secondary N) is 2. The highest BCUT2D eigenvalue weighted by Gasteiger charge is 2.24. The number of rotatable bonds is 15. The summed E-state index contributed by atoms with van der Waals surface area (Å²) < 4.78 is 32.4. The lowest BCUT2D eigenvalue weighted by molar-refractivity contribution is -0.139. The van der Waals surface area contributed by atoms with Crippen molar-refractivity contribution in [2.45, 2.75) is 50.7 Å². The fraction of sp³-hybridized carbons (Fsp3) is 0.538. The fourth-order valence-corrected chi connectivity index (χ4v) is 4.27. The van der Waals surface area contributed by atoms with Crippen molar-refractivity contribution in [3.63, 3.8) is 0 Å². The molecule has 0 saturated heterocycles. The molecule has 0 aromatic carbocycles. The molecular weight excluding hydrogens is 484 g/mol. The Balaban J connectivity index is 1.54. The summed E-state index contributed by atoms with van der Waals surface area (Å²) in [5.41, 5.74) is 1.78. The number of hydrogen-bond acceptors (Lipinski definition) is 7. The van der Waals surface area contributed by atoms with Gasteiger partial charge in [0, 0.05) is 38.6 Å². The smallest absolute Gasteiger partial charge is 0.326 e. The Kier molecular flexibility index (Phi) is 11.2. The lowest BCUT2D eigenvalue weighted by Gasteiger charge is -2.27. The quantitative estimate of drug-likeness (QED) is 0.308. The zero-order chi connectivity index (χ0) is 26.6. The molecule has 0 spiro atoms. The number of methoxy groups -OCH3 is 1. The van der Waals surface area contributed by atoms with Crippen LogP contribution in [0.5, 0.6) is 0 Å². The molecular formula is C26H35F2N5O4. The topological polar surface area (TPSA) is 117 Å². The number of alkyl halides is 1. The van der Waals surface area contributed by atoms with Crippen LogP contribution in [0, 0.1) is 5.82 Å². The van der Waals surface area contributed by atoms with Gasteiger partial charge < -0.3 is 25.4 Å². The van der Waals surface area contributed by atoms with Gasteiger partial charge in [-0.15, -0.1) is 0 Å². The van der Waals surface area contributed by atoms with Gasteiger partial charge in [0.15, 0.2) is 11.5 Å². The number of fused-ring (bicyclic) bond motifs is 1. The Labute approximate surface area is 215 Å². The second-order valence-corrected chi connectivity index (χ2v) is 9.10. The summed E-state index contributed by atoms with van der Waals surface area (Å²) in [4.78, 5) is 34.5. The highest BCUT2D eigenvalue weighted by atomic mass is 19.1. The molecule has 0 radical (unpaired) electrons. The third-order valence-electron chi connectivity index (χ3n) is 6.39. The van der Waals surface area contributed by atoms with E-state index in [-0.39, 0.29) is 19.5 Å². The maximum Gasteiger partial charge on any atom is 0.326 e.